The highest BCUT2D eigenvalue weighted by molar-refractivity contribution is 6.36. The maximum atomic E-state index is 13.7. The second-order valence-electron chi connectivity index (χ2n) is 8.21. The summed E-state index contributed by atoms with van der Waals surface area (Å²) >= 11 is 12.9. The number of rotatable bonds is 8. The van der Waals surface area contributed by atoms with Gasteiger partial charge in [-0.3, -0.25) is 9.59 Å². The molecule has 0 aromatic heterocycles. The van der Waals surface area contributed by atoms with E-state index in [2.05, 4.69) is 11.4 Å². The molecule has 0 aliphatic carbocycles. The first-order valence-corrected chi connectivity index (χ1v) is 11.6. The summed E-state index contributed by atoms with van der Waals surface area (Å²) in [6.07, 6.45) is 0.550. The van der Waals surface area contributed by atoms with E-state index < -0.39 is 6.04 Å². The number of nitrogens with zero attached hydrogens (tertiary/aromatic N) is 1. The molecule has 0 saturated carbocycles. The Morgan fingerprint density at radius 3 is 2.06 bits per heavy atom. The van der Waals surface area contributed by atoms with Gasteiger partial charge in [0.2, 0.25) is 11.8 Å². The molecule has 0 aliphatic heterocycles. The summed E-state index contributed by atoms with van der Waals surface area (Å²) in [6, 6.07) is 20.2. The molecule has 3 aromatic carbocycles. The zero-order valence-corrected chi connectivity index (χ0v) is 20.6. The summed E-state index contributed by atoms with van der Waals surface area (Å²) in [6.45, 7) is 4.14. The van der Waals surface area contributed by atoms with Crippen molar-refractivity contribution in [2.75, 3.05) is 7.05 Å². The fourth-order valence-electron chi connectivity index (χ4n) is 4.02. The van der Waals surface area contributed by atoms with Crippen LogP contribution in [0.1, 0.15) is 27.8 Å². The van der Waals surface area contributed by atoms with Gasteiger partial charge in [0.05, 0.1) is 6.42 Å². The zero-order valence-electron chi connectivity index (χ0n) is 19.1. The minimum atomic E-state index is -0.719. The third kappa shape index (κ3) is 6.59. The van der Waals surface area contributed by atoms with Gasteiger partial charge in [0, 0.05) is 35.6 Å². The van der Waals surface area contributed by atoms with Crippen LogP contribution in [0.15, 0.2) is 66.7 Å². The fraction of sp³-hybridized carbons (Fsp3) is 0.259. The molecule has 0 heterocycles. The van der Waals surface area contributed by atoms with E-state index in [1.165, 1.54) is 0 Å². The molecule has 33 heavy (non-hydrogen) atoms. The monoisotopic (exact) mass is 482 g/mol. The lowest BCUT2D eigenvalue weighted by Crippen LogP contribution is -2.50. The molecule has 0 bridgehead atoms. The molecule has 0 aliphatic rings. The minimum Gasteiger partial charge on any atom is -0.357 e. The average Bonchev–Trinajstić information content (AvgIpc) is 2.77. The molecule has 1 atom stereocenters. The Balaban J connectivity index is 2.01. The van der Waals surface area contributed by atoms with E-state index >= 15 is 0 Å². The van der Waals surface area contributed by atoms with E-state index in [0.717, 1.165) is 22.3 Å². The van der Waals surface area contributed by atoms with Gasteiger partial charge in [0.25, 0.3) is 0 Å². The lowest BCUT2D eigenvalue weighted by atomic mass is 10.0. The molecule has 0 radical (unpaired) electrons. The van der Waals surface area contributed by atoms with Crippen molar-refractivity contribution in [2.45, 2.75) is 39.3 Å². The summed E-state index contributed by atoms with van der Waals surface area (Å²) in [5.41, 5.74) is 4.66. The van der Waals surface area contributed by atoms with Crippen molar-refractivity contribution in [1.82, 2.24) is 10.2 Å². The number of benzene rings is 3. The smallest absolute Gasteiger partial charge is 0.242 e. The molecular formula is C27H28Cl2N2O2. The lowest BCUT2D eigenvalue weighted by molar-refractivity contribution is -0.140. The number of carbonyl (C=O) groups excluding carboxylic acids is 2. The molecule has 1 N–H and O–H groups in total. The third-order valence-corrected chi connectivity index (χ3v) is 6.25. The van der Waals surface area contributed by atoms with Crippen LogP contribution in [0.5, 0.6) is 0 Å². The summed E-state index contributed by atoms with van der Waals surface area (Å²) in [5.74, 6) is -0.406. The number of likely N-dealkylation sites (N-methyl/N-ethyl adjacent to an activating group) is 1. The number of aryl methyl sites for hydroxylation is 2. The SMILES string of the molecule is CNC(=O)[C@@H](Cc1ccccc1)N(Cc1c(Cl)cccc1Cl)C(=O)Cc1cc(C)cc(C)c1. The molecule has 0 spiro atoms. The maximum absolute atomic E-state index is 13.7. The third-order valence-electron chi connectivity index (χ3n) is 5.54. The van der Waals surface area contributed by atoms with Gasteiger partial charge in [-0.05, 0) is 37.1 Å². The number of hydrogen-bond donors (Lipinski definition) is 1. The van der Waals surface area contributed by atoms with E-state index in [1.54, 1.807) is 30.1 Å². The van der Waals surface area contributed by atoms with Crippen LogP contribution in [0.2, 0.25) is 10.0 Å². The maximum Gasteiger partial charge on any atom is 0.242 e. The fourth-order valence-corrected chi connectivity index (χ4v) is 4.54. The first kappa shape index (κ1) is 24.8. The molecule has 0 fully saturated rings. The predicted molar refractivity (Wildman–Crippen MR) is 135 cm³/mol. The first-order valence-electron chi connectivity index (χ1n) is 10.8. The number of halogens is 2. The quantitative estimate of drug-likeness (QED) is 0.458. The van der Waals surface area contributed by atoms with Gasteiger partial charge in [-0.25, -0.2) is 0 Å². The predicted octanol–water partition coefficient (Wildman–Crippen LogP) is 5.54. The Kier molecular flexibility index (Phi) is 8.54. The van der Waals surface area contributed by atoms with E-state index in [0.29, 0.717) is 22.0 Å². The molecule has 3 aromatic rings. The van der Waals surface area contributed by atoms with Crippen molar-refractivity contribution < 1.29 is 9.59 Å². The Morgan fingerprint density at radius 1 is 0.879 bits per heavy atom. The Labute approximate surface area is 205 Å². The van der Waals surface area contributed by atoms with Crippen LogP contribution >= 0.6 is 23.2 Å². The lowest BCUT2D eigenvalue weighted by Gasteiger charge is -2.32. The van der Waals surface area contributed by atoms with Crippen LogP contribution in [0.25, 0.3) is 0 Å². The molecule has 6 heteroatoms. The van der Waals surface area contributed by atoms with Crippen LogP contribution in [0.3, 0.4) is 0 Å². The molecule has 3 rings (SSSR count). The zero-order chi connectivity index (χ0) is 24.0. The number of carbonyl (C=O) groups is 2. The second kappa shape index (κ2) is 11.4. The van der Waals surface area contributed by atoms with Crippen LogP contribution in [-0.4, -0.2) is 29.8 Å². The van der Waals surface area contributed by atoms with E-state index in [-0.39, 0.29) is 24.8 Å². The molecule has 4 nitrogen and oxygen atoms in total. The van der Waals surface area contributed by atoms with Gasteiger partial charge < -0.3 is 10.2 Å². The molecule has 0 saturated heterocycles. The summed E-state index contributed by atoms with van der Waals surface area (Å²) < 4.78 is 0. The molecule has 172 valence electrons. The second-order valence-corrected chi connectivity index (χ2v) is 9.03. The van der Waals surface area contributed by atoms with Gasteiger partial charge in [-0.1, -0.05) is 88.9 Å². The number of hydrogen-bond acceptors (Lipinski definition) is 2. The van der Waals surface area contributed by atoms with E-state index in [1.807, 2.05) is 56.3 Å². The number of amides is 2. The summed E-state index contributed by atoms with van der Waals surface area (Å²) in [4.78, 5) is 28.3. The van der Waals surface area contributed by atoms with Crippen molar-refractivity contribution in [3.63, 3.8) is 0 Å². The normalized spacial score (nSPS) is 11.7. The summed E-state index contributed by atoms with van der Waals surface area (Å²) in [7, 11) is 1.58. The van der Waals surface area contributed by atoms with Gasteiger partial charge >= 0.3 is 0 Å². The van der Waals surface area contributed by atoms with Crippen molar-refractivity contribution in [3.05, 3.63) is 105 Å². The van der Waals surface area contributed by atoms with Crippen molar-refractivity contribution in [3.8, 4) is 0 Å². The van der Waals surface area contributed by atoms with Crippen LogP contribution in [-0.2, 0) is 29.0 Å². The van der Waals surface area contributed by atoms with Crippen molar-refractivity contribution in [2.24, 2.45) is 0 Å². The highest BCUT2D eigenvalue weighted by atomic mass is 35.5. The Bertz CT molecular complexity index is 1090. The number of nitrogens with one attached hydrogen (secondary N) is 1. The first-order chi connectivity index (χ1) is 15.8. The van der Waals surface area contributed by atoms with Crippen molar-refractivity contribution >= 4 is 35.0 Å². The van der Waals surface area contributed by atoms with Crippen LogP contribution in [0, 0.1) is 13.8 Å². The topological polar surface area (TPSA) is 49.4 Å². The average molecular weight is 483 g/mol. The van der Waals surface area contributed by atoms with Gasteiger partial charge in [-0.2, -0.15) is 0 Å². The van der Waals surface area contributed by atoms with Crippen molar-refractivity contribution in [1.29, 1.82) is 0 Å². The van der Waals surface area contributed by atoms with Crippen LogP contribution in [0.4, 0.5) is 0 Å². The van der Waals surface area contributed by atoms with Gasteiger partial charge in [-0.15, -0.1) is 0 Å². The summed E-state index contributed by atoms with van der Waals surface area (Å²) in [5, 5.41) is 3.64. The highest BCUT2D eigenvalue weighted by Gasteiger charge is 2.30. The Hall–Kier alpha value is -2.82. The Morgan fingerprint density at radius 2 is 1.48 bits per heavy atom. The van der Waals surface area contributed by atoms with E-state index in [9.17, 15) is 9.59 Å². The van der Waals surface area contributed by atoms with E-state index in [4.69, 9.17) is 23.2 Å². The largest absolute Gasteiger partial charge is 0.357 e. The molecule has 2 amide bonds. The minimum absolute atomic E-state index is 0.132. The molecular weight excluding hydrogens is 455 g/mol. The van der Waals surface area contributed by atoms with Crippen LogP contribution < -0.4 is 5.32 Å². The highest BCUT2D eigenvalue weighted by Crippen LogP contribution is 2.27. The molecule has 0 unspecified atom stereocenters. The standard InChI is InChI=1S/C27H28Cl2N2O2/c1-18-12-19(2)14-21(13-18)16-26(32)31(17-22-23(28)10-7-11-24(22)29)25(27(33)30-3)15-20-8-5-4-6-9-20/h4-14,25H,15-17H2,1-3H3,(H,30,33)/t25-/m1/s1. The van der Waals surface area contributed by atoms with Gasteiger partial charge in [0.1, 0.15) is 6.04 Å². The van der Waals surface area contributed by atoms with Gasteiger partial charge in [0.15, 0.2) is 0 Å².